The van der Waals surface area contributed by atoms with Crippen molar-refractivity contribution in [2.45, 2.75) is 45.1 Å². The average molecular weight is 459 g/mol. The molecule has 1 aliphatic rings. The van der Waals surface area contributed by atoms with Crippen molar-refractivity contribution < 1.29 is 14.6 Å². The average Bonchev–Trinajstić information content (AvgIpc) is 3.37. The molecule has 5 nitrogen and oxygen atoms in total. The van der Waals surface area contributed by atoms with Gasteiger partial charge in [-0.1, -0.05) is 23.2 Å². The molecular weight excluding hydrogens is 435 g/mol. The molecule has 0 radical (unpaired) electrons. The summed E-state index contributed by atoms with van der Waals surface area (Å²) in [6.07, 6.45) is 5.43. The van der Waals surface area contributed by atoms with Gasteiger partial charge in [0.1, 0.15) is 5.75 Å². The topological polar surface area (TPSA) is 75.2 Å². The van der Waals surface area contributed by atoms with Crippen molar-refractivity contribution in [2.24, 2.45) is 7.05 Å². The number of ether oxygens (including phenoxy) is 1. The molecule has 4 rings (SSSR count). The van der Waals surface area contributed by atoms with Crippen LogP contribution in [0.4, 0.5) is 0 Å². The third kappa shape index (κ3) is 4.98. The van der Waals surface area contributed by atoms with Crippen molar-refractivity contribution in [3.05, 3.63) is 62.8 Å². The summed E-state index contributed by atoms with van der Waals surface area (Å²) < 4.78 is 8.26. The SMILES string of the molecule is Cc1cc(C#N)cc2c1cc(Cc1c(Cl)ccc(OC3CCCC3)c1Cl)n2C.O=CO. The quantitative estimate of drug-likeness (QED) is 0.466. The number of benzene rings is 2. The number of nitriles is 1. The molecule has 0 spiro atoms. The Hall–Kier alpha value is -2.68. The van der Waals surface area contributed by atoms with Gasteiger partial charge in [-0.2, -0.15) is 5.26 Å². The Morgan fingerprint density at radius 3 is 2.58 bits per heavy atom. The molecule has 7 heteroatoms. The lowest BCUT2D eigenvalue weighted by Crippen LogP contribution is -2.11. The van der Waals surface area contributed by atoms with E-state index in [0.29, 0.717) is 22.0 Å². The monoisotopic (exact) mass is 458 g/mol. The number of nitrogens with zero attached hydrogens (tertiary/aromatic N) is 2. The van der Waals surface area contributed by atoms with Crippen LogP contribution in [0.3, 0.4) is 0 Å². The molecule has 3 aromatic rings. The van der Waals surface area contributed by atoms with Gasteiger partial charge in [0.25, 0.3) is 6.47 Å². The first-order chi connectivity index (χ1) is 14.9. The van der Waals surface area contributed by atoms with Crippen molar-refractivity contribution in [1.82, 2.24) is 4.57 Å². The number of hydrogen-bond donors (Lipinski definition) is 1. The maximum absolute atomic E-state index is 9.27. The molecule has 31 heavy (non-hydrogen) atoms. The molecule has 1 N–H and O–H groups in total. The van der Waals surface area contributed by atoms with Crippen LogP contribution in [0.5, 0.6) is 5.75 Å². The number of fused-ring (bicyclic) bond motifs is 1. The summed E-state index contributed by atoms with van der Waals surface area (Å²) in [5, 5.41) is 18.5. The highest BCUT2D eigenvalue weighted by Gasteiger charge is 2.20. The van der Waals surface area contributed by atoms with E-state index in [1.165, 1.54) is 12.8 Å². The molecule has 0 aliphatic heterocycles. The van der Waals surface area contributed by atoms with E-state index in [-0.39, 0.29) is 12.6 Å². The fourth-order valence-corrected chi connectivity index (χ4v) is 4.64. The number of halogens is 2. The summed E-state index contributed by atoms with van der Waals surface area (Å²) in [7, 11) is 2.01. The van der Waals surface area contributed by atoms with Gasteiger partial charge in [0, 0.05) is 35.1 Å². The first-order valence-corrected chi connectivity index (χ1v) is 10.9. The Bertz CT molecular complexity index is 1140. The summed E-state index contributed by atoms with van der Waals surface area (Å²) in [6, 6.07) is 12.0. The van der Waals surface area contributed by atoms with Gasteiger partial charge in [-0.05, 0) is 74.1 Å². The molecular formula is C24H24Cl2N2O3. The summed E-state index contributed by atoms with van der Waals surface area (Å²) in [6.45, 7) is 1.78. The van der Waals surface area contributed by atoms with Crippen LogP contribution in [0.1, 0.15) is 48.1 Å². The lowest BCUT2D eigenvalue weighted by Gasteiger charge is -2.17. The third-order valence-corrected chi connectivity index (χ3v) is 6.47. The Kier molecular flexibility index (Phi) is 7.48. The summed E-state index contributed by atoms with van der Waals surface area (Å²) in [4.78, 5) is 8.36. The zero-order chi connectivity index (χ0) is 22.5. The van der Waals surface area contributed by atoms with Crippen molar-refractivity contribution in [1.29, 1.82) is 5.26 Å². The highest BCUT2D eigenvalue weighted by molar-refractivity contribution is 6.37. The fourth-order valence-electron chi connectivity index (χ4n) is 4.09. The van der Waals surface area contributed by atoms with Crippen molar-refractivity contribution in [3.8, 4) is 11.8 Å². The minimum Gasteiger partial charge on any atom is -0.489 e. The van der Waals surface area contributed by atoms with Crippen LogP contribution in [0.25, 0.3) is 10.9 Å². The van der Waals surface area contributed by atoms with Gasteiger partial charge in [-0.25, -0.2) is 0 Å². The Morgan fingerprint density at radius 2 is 1.94 bits per heavy atom. The van der Waals surface area contributed by atoms with Crippen molar-refractivity contribution in [2.75, 3.05) is 0 Å². The maximum Gasteiger partial charge on any atom is 0.290 e. The van der Waals surface area contributed by atoms with Gasteiger partial charge in [0.15, 0.2) is 0 Å². The first kappa shape index (κ1) is 23.0. The van der Waals surface area contributed by atoms with Gasteiger partial charge in [-0.3, -0.25) is 4.79 Å². The second kappa shape index (κ2) is 10.1. The van der Waals surface area contributed by atoms with E-state index in [0.717, 1.165) is 46.3 Å². The Balaban J connectivity index is 0.000000858. The van der Waals surface area contributed by atoms with Gasteiger partial charge < -0.3 is 14.4 Å². The number of carboxylic acid groups (broad SMARTS) is 1. The predicted molar refractivity (Wildman–Crippen MR) is 123 cm³/mol. The minimum absolute atomic E-state index is 0.246. The molecule has 0 unspecified atom stereocenters. The van der Waals surface area contributed by atoms with Crippen LogP contribution < -0.4 is 4.74 Å². The first-order valence-electron chi connectivity index (χ1n) is 10.1. The van der Waals surface area contributed by atoms with Crippen LogP contribution in [0.15, 0.2) is 30.3 Å². The van der Waals surface area contributed by atoms with E-state index >= 15 is 0 Å². The van der Waals surface area contributed by atoms with Crippen LogP contribution in [-0.4, -0.2) is 22.2 Å². The van der Waals surface area contributed by atoms with Gasteiger partial charge in [-0.15, -0.1) is 0 Å². The van der Waals surface area contributed by atoms with Gasteiger partial charge in [0.2, 0.25) is 0 Å². The molecule has 1 fully saturated rings. The van der Waals surface area contributed by atoms with Gasteiger partial charge >= 0.3 is 0 Å². The fraction of sp³-hybridized carbons (Fsp3) is 0.333. The number of aryl methyl sites for hydroxylation is 2. The van der Waals surface area contributed by atoms with E-state index in [1.807, 2.05) is 38.2 Å². The molecule has 1 aliphatic carbocycles. The molecule has 0 bridgehead atoms. The molecule has 1 aromatic heterocycles. The summed E-state index contributed by atoms with van der Waals surface area (Å²) in [5.41, 5.74) is 4.77. The highest BCUT2D eigenvalue weighted by atomic mass is 35.5. The van der Waals surface area contributed by atoms with Gasteiger partial charge in [0.05, 0.1) is 22.8 Å². The van der Waals surface area contributed by atoms with Crippen molar-refractivity contribution in [3.63, 3.8) is 0 Å². The van der Waals surface area contributed by atoms with E-state index in [4.69, 9.17) is 37.8 Å². The molecule has 0 saturated heterocycles. The van der Waals surface area contributed by atoms with E-state index in [2.05, 4.69) is 16.7 Å². The Labute approximate surface area is 191 Å². The molecule has 0 amide bonds. The zero-order valence-electron chi connectivity index (χ0n) is 17.5. The largest absolute Gasteiger partial charge is 0.489 e. The van der Waals surface area contributed by atoms with Crippen LogP contribution >= 0.6 is 23.2 Å². The zero-order valence-corrected chi connectivity index (χ0v) is 19.0. The van der Waals surface area contributed by atoms with Crippen LogP contribution in [-0.2, 0) is 18.3 Å². The molecule has 1 saturated carbocycles. The van der Waals surface area contributed by atoms with Crippen LogP contribution in [0.2, 0.25) is 10.0 Å². The smallest absolute Gasteiger partial charge is 0.290 e. The summed E-state index contributed by atoms with van der Waals surface area (Å²) >= 11 is 13.2. The van der Waals surface area contributed by atoms with Crippen molar-refractivity contribution >= 4 is 40.6 Å². The lowest BCUT2D eigenvalue weighted by atomic mass is 10.1. The van der Waals surface area contributed by atoms with E-state index < -0.39 is 0 Å². The van der Waals surface area contributed by atoms with Crippen LogP contribution in [0, 0.1) is 18.3 Å². The molecule has 162 valence electrons. The predicted octanol–water partition coefficient (Wildman–Crippen LogP) is 6.28. The third-order valence-electron chi connectivity index (χ3n) is 5.70. The second-order valence-corrected chi connectivity index (χ2v) is 8.46. The normalized spacial score (nSPS) is 13.5. The second-order valence-electron chi connectivity index (χ2n) is 7.68. The lowest BCUT2D eigenvalue weighted by molar-refractivity contribution is -0.122. The standard InChI is InChI=1S/C23H22Cl2N2O.CH2O2/c1-14-9-15(13-26)10-21-18(14)11-16(27(21)2)12-19-20(24)7-8-22(23(19)25)28-17-5-3-4-6-17;2-1-3/h7-11,17H,3-6,12H2,1-2H3;1H,(H,2,3). The summed E-state index contributed by atoms with van der Waals surface area (Å²) in [5.74, 6) is 0.717. The Morgan fingerprint density at radius 1 is 1.26 bits per heavy atom. The highest BCUT2D eigenvalue weighted by Crippen LogP contribution is 2.37. The molecule has 1 heterocycles. The minimum atomic E-state index is -0.250. The van der Waals surface area contributed by atoms with E-state index in [9.17, 15) is 5.26 Å². The molecule has 2 aromatic carbocycles. The number of rotatable bonds is 4. The molecule has 0 atom stereocenters. The number of hydrogen-bond acceptors (Lipinski definition) is 3. The maximum atomic E-state index is 9.27. The number of carbonyl (C=O) groups is 1. The number of aromatic nitrogens is 1. The van der Waals surface area contributed by atoms with E-state index in [1.54, 1.807) is 0 Å².